The maximum atomic E-state index is 12.1. The maximum absolute atomic E-state index is 12.1. The molecule has 2 aromatic carbocycles. The van der Waals surface area contributed by atoms with Gasteiger partial charge in [0.1, 0.15) is 11.3 Å². The quantitative estimate of drug-likeness (QED) is 0.198. The Kier molecular flexibility index (Phi) is 4.45. The van der Waals surface area contributed by atoms with Crippen molar-refractivity contribution in [2.75, 3.05) is 12.0 Å². The predicted octanol–water partition coefficient (Wildman–Crippen LogP) is 2.59. The van der Waals surface area contributed by atoms with Gasteiger partial charge in [0.05, 0.1) is 11.9 Å². The normalized spacial score (nSPS) is 14.4. The highest BCUT2D eigenvalue weighted by molar-refractivity contribution is 7.71. The molecule has 4 rings (SSSR count). The van der Waals surface area contributed by atoms with Gasteiger partial charge in [-0.1, -0.05) is 16.4 Å². The first-order chi connectivity index (χ1) is 13.6. The molecule has 10 heteroatoms. The lowest BCUT2D eigenvalue weighted by Gasteiger charge is -2.11. The Bertz CT molecular complexity index is 1180. The molecule has 1 aliphatic rings. The third kappa shape index (κ3) is 3.05. The number of fused-ring (bicyclic) bond motifs is 1. The number of hydrogen-bond acceptors (Lipinski definition) is 8. The molecular formula is C18H13N5O4S. The van der Waals surface area contributed by atoms with Crippen LogP contribution in [-0.4, -0.2) is 43.6 Å². The van der Waals surface area contributed by atoms with Gasteiger partial charge in [-0.25, -0.2) is 4.68 Å². The summed E-state index contributed by atoms with van der Waals surface area (Å²) >= 11 is 5.08. The van der Waals surface area contributed by atoms with Gasteiger partial charge in [-0.3, -0.25) is 9.59 Å². The van der Waals surface area contributed by atoms with Crippen molar-refractivity contribution in [3.8, 4) is 11.4 Å². The summed E-state index contributed by atoms with van der Waals surface area (Å²) in [6, 6.07) is 12.0. The van der Waals surface area contributed by atoms with E-state index in [9.17, 15) is 9.59 Å². The van der Waals surface area contributed by atoms with Gasteiger partial charge in [0.15, 0.2) is 6.73 Å². The number of aromatic nitrogens is 4. The van der Waals surface area contributed by atoms with Gasteiger partial charge in [0.2, 0.25) is 16.3 Å². The molecule has 3 aromatic rings. The van der Waals surface area contributed by atoms with Gasteiger partial charge < -0.3 is 15.2 Å². The zero-order valence-electron chi connectivity index (χ0n) is 14.2. The Morgan fingerprint density at radius 2 is 2.00 bits per heavy atom. The summed E-state index contributed by atoms with van der Waals surface area (Å²) in [6.45, 7) is 0.125. The van der Waals surface area contributed by atoms with E-state index in [2.05, 4.69) is 20.8 Å². The summed E-state index contributed by atoms with van der Waals surface area (Å²) in [5.74, 6) is -0.586. The highest BCUT2D eigenvalue weighted by Crippen LogP contribution is 2.29. The number of aliphatic hydroxyl groups excluding tert-OH is 1. The Balaban J connectivity index is 1.45. The smallest absolute Gasteiger partial charge is 0.242 e. The Hall–Kier alpha value is -3.79. The number of nitrogens with one attached hydrogen (secondary N) is 2. The van der Waals surface area contributed by atoms with Crippen LogP contribution in [0.1, 0.15) is 20.7 Å². The molecule has 0 saturated heterocycles. The predicted molar refractivity (Wildman–Crippen MR) is 101 cm³/mol. The molecule has 0 saturated carbocycles. The van der Waals surface area contributed by atoms with Gasteiger partial charge >= 0.3 is 0 Å². The lowest BCUT2D eigenvalue weighted by molar-refractivity contribution is 0.0984. The van der Waals surface area contributed by atoms with E-state index in [1.165, 1.54) is 12.1 Å². The van der Waals surface area contributed by atoms with Crippen molar-refractivity contribution in [1.29, 1.82) is 0 Å². The number of Topliss-reactive ketones (excluding diaryl/α,β-unsaturated/α-hetero) is 2. The van der Waals surface area contributed by atoms with Crippen molar-refractivity contribution < 1.29 is 19.4 Å². The molecule has 9 nitrogen and oxygen atoms in total. The van der Waals surface area contributed by atoms with Crippen LogP contribution in [0, 0.1) is 4.77 Å². The number of hydrogen-bond donors (Lipinski definition) is 3. The molecule has 0 radical (unpaired) electrons. The van der Waals surface area contributed by atoms with E-state index < -0.39 is 11.6 Å². The van der Waals surface area contributed by atoms with E-state index in [0.29, 0.717) is 16.8 Å². The lowest BCUT2D eigenvalue weighted by atomic mass is 10.1. The third-order valence-electron chi connectivity index (χ3n) is 4.19. The molecule has 28 heavy (non-hydrogen) atoms. The molecule has 0 aliphatic heterocycles. The van der Waals surface area contributed by atoms with E-state index in [0.717, 1.165) is 11.4 Å². The number of tetrazole rings is 1. The van der Waals surface area contributed by atoms with Gasteiger partial charge in [0, 0.05) is 16.8 Å². The van der Waals surface area contributed by atoms with Crippen LogP contribution >= 0.6 is 12.2 Å². The summed E-state index contributed by atoms with van der Waals surface area (Å²) in [4.78, 5) is 24.1. The fourth-order valence-corrected chi connectivity index (χ4v) is 3.02. The minimum Gasteiger partial charge on any atom is -0.515 e. The van der Waals surface area contributed by atoms with E-state index in [1.54, 1.807) is 10.7 Å². The van der Waals surface area contributed by atoms with E-state index >= 15 is 0 Å². The molecule has 0 amide bonds. The number of anilines is 1. The molecule has 1 aliphatic carbocycles. The SMILES string of the molecule is O=C1/C(=C/O)C(=O)c2cc(OCNc3cccc(-n4[nH]nnc4=S)c3)ccc21. The first-order valence-electron chi connectivity index (χ1n) is 8.13. The number of aromatic amines is 1. The zero-order chi connectivity index (χ0) is 19.7. The minimum absolute atomic E-state index is 0.125. The molecule has 0 spiro atoms. The number of nitrogens with zero attached hydrogens (tertiary/aromatic N) is 3. The van der Waals surface area contributed by atoms with E-state index in [-0.39, 0.29) is 23.4 Å². The number of carbonyl (C=O) groups excluding carboxylic acids is 2. The number of benzene rings is 2. The Morgan fingerprint density at radius 1 is 1.18 bits per heavy atom. The first kappa shape index (κ1) is 17.6. The fourth-order valence-electron chi connectivity index (χ4n) is 2.83. The van der Waals surface area contributed by atoms with Crippen LogP contribution < -0.4 is 10.1 Å². The molecule has 0 unspecified atom stereocenters. The minimum atomic E-state index is -0.515. The average molecular weight is 395 g/mol. The summed E-state index contributed by atoms with van der Waals surface area (Å²) in [5, 5.41) is 22.2. The average Bonchev–Trinajstić information content (AvgIpc) is 3.23. The van der Waals surface area contributed by atoms with Crippen LogP contribution in [0.3, 0.4) is 0 Å². The molecule has 140 valence electrons. The van der Waals surface area contributed by atoms with Gasteiger partial charge in [-0.05, 0) is 48.6 Å². The molecule has 3 N–H and O–H groups in total. The zero-order valence-corrected chi connectivity index (χ0v) is 15.1. The summed E-state index contributed by atoms with van der Waals surface area (Å²) in [6.07, 6.45) is 0.543. The van der Waals surface area contributed by atoms with Crippen molar-refractivity contribution in [2.45, 2.75) is 0 Å². The number of H-pyrrole nitrogens is 1. The second kappa shape index (κ2) is 7.08. The lowest BCUT2D eigenvalue weighted by Crippen LogP contribution is -2.09. The summed E-state index contributed by atoms with van der Waals surface area (Å²) in [7, 11) is 0. The third-order valence-corrected chi connectivity index (χ3v) is 4.45. The monoisotopic (exact) mass is 395 g/mol. The standard InChI is InChI=1S/C18H13N5O4S/c24-8-15-16(25)13-5-4-12(7-14(13)17(15)26)27-9-19-10-2-1-3-11(6-10)23-18(28)20-21-22-23/h1-8,19,24H,9H2,(H,20,22,28)/b15-8-. The van der Waals surface area contributed by atoms with Crippen molar-refractivity contribution >= 4 is 29.5 Å². The molecule has 1 aromatic heterocycles. The second-order valence-corrected chi connectivity index (χ2v) is 6.21. The van der Waals surface area contributed by atoms with Crippen LogP contribution in [0.4, 0.5) is 5.69 Å². The molecule has 0 atom stereocenters. The van der Waals surface area contributed by atoms with E-state index in [4.69, 9.17) is 22.1 Å². The van der Waals surface area contributed by atoms with Gasteiger partial charge in [0.25, 0.3) is 0 Å². The number of rotatable bonds is 5. The topological polar surface area (TPSA) is 122 Å². The number of carbonyl (C=O) groups is 2. The maximum Gasteiger partial charge on any atom is 0.242 e. The van der Waals surface area contributed by atoms with Crippen molar-refractivity contribution in [3.63, 3.8) is 0 Å². The van der Waals surface area contributed by atoms with Crippen LogP contribution in [0.2, 0.25) is 0 Å². The Morgan fingerprint density at radius 3 is 2.75 bits per heavy atom. The molecule has 1 heterocycles. The summed E-state index contributed by atoms with van der Waals surface area (Å²) < 4.78 is 7.49. The molecule has 0 fully saturated rings. The number of ether oxygens (including phenoxy) is 1. The number of aliphatic hydroxyl groups is 1. The summed E-state index contributed by atoms with van der Waals surface area (Å²) in [5.41, 5.74) is 1.75. The van der Waals surface area contributed by atoms with E-state index in [1.807, 2.05) is 24.3 Å². The highest BCUT2D eigenvalue weighted by atomic mass is 32.1. The van der Waals surface area contributed by atoms with Crippen LogP contribution in [0.15, 0.2) is 54.3 Å². The number of ketones is 2. The van der Waals surface area contributed by atoms with Gasteiger partial charge in [-0.2, -0.15) is 5.21 Å². The molecule has 0 bridgehead atoms. The number of allylic oxidation sites excluding steroid dienone is 1. The highest BCUT2D eigenvalue weighted by Gasteiger charge is 2.33. The Labute approximate surface area is 163 Å². The van der Waals surface area contributed by atoms with Crippen molar-refractivity contribution in [2.24, 2.45) is 0 Å². The fraction of sp³-hybridized carbons (Fsp3) is 0.0556. The van der Waals surface area contributed by atoms with Crippen molar-refractivity contribution in [1.82, 2.24) is 20.2 Å². The van der Waals surface area contributed by atoms with Crippen molar-refractivity contribution in [3.05, 3.63) is 70.2 Å². The second-order valence-electron chi connectivity index (χ2n) is 5.84. The molecular weight excluding hydrogens is 382 g/mol. The largest absolute Gasteiger partial charge is 0.515 e. The first-order valence-corrected chi connectivity index (χ1v) is 8.54. The van der Waals surface area contributed by atoms with Gasteiger partial charge in [-0.15, -0.1) is 0 Å². The van der Waals surface area contributed by atoms with Crippen LogP contribution in [0.25, 0.3) is 5.69 Å². The van der Waals surface area contributed by atoms with Crippen LogP contribution in [-0.2, 0) is 0 Å². The van der Waals surface area contributed by atoms with Crippen LogP contribution in [0.5, 0.6) is 5.75 Å².